The minimum atomic E-state index is -0.354. The monoisotopic (exact) mass is 541 g/mol. The van der Waals surface area contributed by atoms with Crippen LogP contribution in [-0.4, -0.2) is 75.5 Å². The third-order valence-electron chi connectivity index (χ3n) is 8.53. The number of fused-ring (bicyclic) bond motifs is 1. The number of imidazole rings is 1. The summed E-state index contributed by atoms with van der Waals surface area (Å²) in [6.07, 6.45) is 7.76. The molecule has 0 unspecified atom stereocenters. The Hall–Kier alpha value is -4.18. The number of hydrogen-bond acceptors (Lipinski definition) is 4. The van der Waals surface area contributed by atoms with Crippen molar-refractivity contribution in [2.24, 2.45) is 5.92 Å². The lowest BCUT2D eigenvalue weighted by molar-refractivity contribution is -0.114. The van der Waals surface area contributed by atoms with E-state index in [4.69, 9.17) is 0 Å². The molecule has 0 radical (unpaired) electrons. The predicted octanol–water partition coefficient (Wildman–Crippen LogP) is 3.34. The van der Waals surface area contributed by atoms with Crippen molar-refractivity contribution < 1.29 is 14.0 Å². The van der Waals surface area contributed by atoms with Crippen LogP contribution in [0.15, 0.2) is 48.9 Å². The highest BCUT2D eigenvalue weighted by molar-refractivity contribution is 6.31. The van der Waals surface area contributed by atoms with Crippen molar-refractivity contribution in [2.45, 2.75) is 25.9 Å². The van der Waals surface area contributed by atoms with Gasteiger partial charge in [0.25, 0.3) is 5.91 Å². The molecule has 7 rings (SSSR count). The largest absolute Gasteiger partial charge is 0.348 e. The van der Waals surface area contributed by atoms with E-state index in [9.17, 15) is 9.59 Å². The quantitative estimate of drug-likeness (QED) is 0.415. The molecule has 1 fully saturated rings. The Balaban J connectivity index is 1.26. The van der Waals surface area contributed by atoms with Gasteiger partial charge in [-0.05, 0) is 67.3 Å². The highest BCUT2D eigenvalue weighted by Crippen LogP contribution is 2.38. The Morgan fingerprint density at radius 1 is 1.20 bits per heavy atom. The molecule has 2 N–H and O–H groups in total. The van der Waals surface area contributed by atoms with Gasteiger partial charge >= 0.3 is 6.03 Å². The summed E-state index contributed by atoms with van der Waals surface area (Å²) in [6.45, 7) is 4.51. The number of pyridine rings is 1. The van der Waals surface area contributed by atoms with Crippen LogP contribution in [0.25, 0.3) is 27.7 Å². The second-order valence-corrected chi connectivity index (χ2v) is 11.1. The molecule has 1 saturated heterocycles. The van der Waals surface area contributed by atoms with E-state index in [0.29, 0.717) is 43.4 Å². The van der Waals surface area contributed by atoms with E-state index in [1.54, 1.807) is 18.3 Å². The van der Waals surface area contributed by atoms with Gasteiger partial charge < -0.3 is 25.0 Å². The second kappa shape index (κ2) is 9.78. The van der Waals surface area contributed by atoms with Gasteiger partial charge in [-0.15, -0.1) is 0 Å². The van der Waals surface area contributed by atoms with Crippen molar-refractivity contribution in [2.75, 3.05) is 39.8 Å². The topological polar surface area (TPSA) is 86.9 Å². The highest BCUT2D eigenvalue weighted by atomic mass is 19.1. The lowest BCUT2D eigenvalue weighted by Crippen LogP contribution is -2.44. The van der Waals surface area contributed by atoms with Crippen LogP contribution in [0.2, 0.25) is 0 Å². The van der Waals surface area contributed by atoms with Crippen LogP contribution in [0, 0.1) is 11.7 Å². The van der Waals surface area contributed by atoms with E-state index in [1.807, 2.05) is 51.8 Å². The minimum Gasteiger partial charge on any atom is -0.348 e. The maximum atomic E-state index is 15.1. The maximum absolute atomic E-state index is 15.1. The van der Waals surface area contributed by atoms with Gasteiger partial charge in [-0.3, -0.25) is 9.20 Å². The number of carbonyl (C=O) groups is 2. The van der Waals surface area contributed by atoms with Gasteiger partial charge in [0.2, 0.25) is 0 Å². The van der Waals surface area contributed by atoms with Crippen molar-refractivity contribution in [3.63, 3.8) is 0 Å². The Morgan fingerprint density at radius 3 is 2.90 bits per heavy atom. The molecule has 0 saturated carbocycles. The number of urea groups is 1. The maximum Gasteiger partial charge on any atom is 0.320 e. The molecule has 0 aliphatic carbocycles. The fourth-order valence-electron chi connectivity index (χ4n) is 6.58. The van der Waals surface area contributed by atoms with Crippen LogP contribution in [0.4, 0.5) is 9.18 Å². The first-order valence-electron chi connectivity index (χ1n) is 13.9. The standard InChI is InChI=1S/C30H32FN7O2/c1-35(16-19-5-7-32-8-6-19)30(40)37-11-10-36-18-24(22-13-21(31)12-20(17-37)28(22)36)23-14-34-29(39)27(23)25-15-33-26-4-2-3-9-38(25)26/h2-4,9,12-13,15,18-19,32H,5-8,10-11,14,16-17H2,1H3,(H,34,39). The Bertz CT molecular complexity index is 1680. The zero-order valence-electron chi connectivity index (χ0n) is 22.5. The molecule has 3 aromatic heterocycles. The lowest BCUT2D eigenvalue weighted by Gasteiger charge is -2.31. The molecule has 10 heteroatoms. The Morgan fingerprint density at radius 2 is 2.05 bits per heavy atom. The van der Waals surface area contributed by atoms with Gasteiger partial charge in [0.15, 0.2) is 0 Å². The van der Waals surface area contributed by atoms with Crippen LogP contribution in [-0.2, 0) is 17.9 Å². The van der Waals surface area contributed by atoms with Gasteiger partial charge in [0.1, 0.15) is 11.5 Å². The predicted molar refractivity (Wildman–Crippen MR) is 151 cm³/mol. The number of halogens is 1. The third-order valence-corrected chi connectivity index (χ3v) is 8.53. The van der Waals surface area contributed by atoms with Crippen LogP contribution in [0.3, 0.4) is 0 Å². The molecule has 0 atom stereocenters. The van der Waals surface area contributed by atoms with Gasteiger partial charge in [-0.1, -0.05) is 6.07 Å². The zero-order valence-corrected chi connectivity index (χ0v) is 22.5. The number of hydrogen-bond donors (Lipinski definition) is 2. The summed E-state index contributed by atoms with van der Waals surface area (Å²) in [7, 11) is 1.87. The van der Waals surface area contributed by atoms with Gasteiger partial charge in [0.05, 0.1) is 23.0 Å². The van der Waals surface area contributed by atoms with Crippen LogP contribution in [0.5, 0.6) is 0 Å². The molecule has 3 amide bonds. The number of amides is 3. The first-order chi connectivity index (χ1) is 19.5. The fourth-order valence-corrected chi connectivity index (χ4v) is 6.58. The van der Waals surface area contributed by atoms with Gasteiger partial charge in [-0.2, -0.15) is 0 Å². The van der Waals surface area contributed by atoms with Crippen molar-refractivity contribution in [3.05, 3.63) is 71.6 Å². The molecule has 40 heavy (non-hydrogen) atoms. The molecule has 206 valence electrons. The first kappa shape index (κ1) is 24.8. The molecule has 3 aliphatic rings. The molecule has 9 nitrogen and oxygen atoms in total. The SMILES string of the molecule is CN(CC1CCNCC1)C(=O)N1CCn2cc(C3=C(c4cnc5ccccn45)C(=O)NC3)c3cc(F)cc(c32)C1. The number of piperidine rings is 1. The van der Waals surface area contributed by atoms with E-state index in [1.165, 1.54) is 0 Å². The summed E-state index contributed by atoms with van der Waals surface area (Å²) >= 11 is 0. The number of benzene rings is 1. The number of rotatable bonds is 4. The highest BCUT2D eigenvalue weighted by Gasteiger charge is 2.31. The summed E-state index contributed by atoms with van der Waals surface area (Å²) < 4.78 is 19.1. The van der Waals surface area contributed by atoms with E-state index in [2.05, 4.69) is 20.2 Å². The summed E-state index contributed by atoms with van der Waals surface area (Å²) in [5.41, 5.74) is 5.36. The van der Waals surface area contributed by atoms with E-state index >= 15 is 4.39 Å². The normalized spacial score (nSPS) is 18.1. The summed E-state index contributed by atoms with van der Waals surface area (Å²) in [5, 5.41) is 7.10. The second-order valence-electron chi connectivity index (χ2n) is 11.1. The summed E-state index contributed by atoms with van der Waals surface area (Å²) in [4.78, 5) is 34.7. The Labute approximate surface area is 231 Å². The van der Waals surface area contributed by atoms with E-state index in [-0.39, 0.29) is 17.8 Å². The van der Waals surface area contributed by atoms with Crippen molar-refractivity contribution in [1.29, 1.82) is 0 Å². The van der Waals surface area contributed by atoms with Crippen molar-refractivity contribution >= 4 is 39.6 Å². The average molecular weight is 542 g/mol. The summed E-state index contributed by atoms with van der Waals surface area (Å²) in [5.74, 6) is -0.0237. The van der Waals surface area contributed by atoms with E-state index < -0.39 is 0 Å². The molecule has 4 aromatic rings. The van der Waals surface area contributed by atoms with Crippen molar-refractivity contribution in [3.8, 4) is 0 Å². The van der Waals surface area contributed by atoms with Crippen molar-refractivity contribution in [1.82, 2.24) is 34.4 Å². The fraction of sp³-hybridized carbons (Fsp3) is 0.367. The molecule has 6 heterocycles. The minimum absolute atomic E-state index is 0.0230. The lowest BCUT2D eigenvalue weighted by atomic mass is 9.98. The van der Waals surface area contributed by atoms with E-state index in [0.717, 1.165) is 65.7 Å². The first-order valence-corrected chi connectivity index (χ1v) is 13.9. The molecule has 0 spiro atoms. The molecule has 0 bridgehead atoms. The molecule has 1 aromatic carbocycles. The van der Waals surface area contributed by atoms with Crippen LogP contribution in [0.1, 0.15) is 29.7 Å². The van der Waals surface area contributed by atoms with Crippen LogP contribution < -0.4 is 10.6 Å². The zero-order chi connectivity index (χ0) is 27.4. The smallest absolute Gasteiger partial charge is 0.320 e. The number of nitrogens with one attached hydrogen (secondary N) is 2. The van der Waals surface area contributed by atoms with Gasteiger partial charge in [0, 0.05) is 63.1 Å². The number of nitrogens with zero attached hydrogens (tertiary/aromatic N) is 5. The Kier molecular flexibility index (Phi) is 6.07. The number of aromatic nitrogens is 3. The number of carbonyl (C=O) groups excluding carboxylic acids is 2. The summed E-state index contributed by atoms with van der Waals surface area (Å²) in [6, 6.07) is 8.78. The molecular weight excluding hydrogens is 509 g/mol. The average Bonchev–Trinajstić information content (AvgIpc) is 3.61. The molecule has 3 aliphatic heterocycles. The molecular formula is C30H32FN7O2. The van der Waals surface area contributed by atoms with Crippen LogP contribution >= 0.6 is 0 Å². The third kappa shape index (κ3) is 4.14. The van der Waals surface area contributed by atoms with Gasteiger partial charge in [-0.25, -0.2) is 14.2 Å².